The summed E-state index contributed by atoms with van der Waals surface area (Å²) in [6.07, 6.45) is 0. The number of fused-ring (bicyclic) bond motifs is 8. The molecule has 0 unspecified atom stereocenters. The van der Waals surface area contributed by atoms with Gasteiger partial charge in [-0.05, 0) is 53.1 Å². The molecule has 0 saturated carbocycles. The number of hydrogen-bond donors (Lipinski definition) is 0. The zero-order chi connectivity index (χ0) is 26.9. The summed E-state index contributed by atoms with van der Waals surface area (Å²) in [7, 11) is 0. The van der Waals surface area contributed by atoms with Gasteiger partial charge in [0.1, 0.15) is 11.2 Å². The van der Waals surface area contributed by atoms with Gasteiger partial charge >= 0.3 is 0 Å². The molecule has 0 spiro atoms. The third kappa shape index (κ3) is 3.30. The van der Waals surface area contributed by atoms with E-state index in [9.17, 15) is 0 Å². The third-order valence-electron chi connectivity index (χ3n) is 8.21. The fourth-order valence-corrected chi connectivity index (χ4v) is 7.67. The van der Waals surface area contributed by atoms with Gasteiger partial charge in [0.2, 0.25) is 0 Å². The maximum atomic E-state index is 6.40. The van der Waals surface area contributed by atoms with E-state index in [0.29, 0.717) is 0 Å². The lowest BCUT2D eigenvalue weighted by atomic mass is 9.96. The van der Waals surface area contributed by atoms with Gasteiger partial charge in [0, 0.05) is 37.5 Å². The molecule has 0 aliphatic rings. The molecule has 0 saturated heterocycles. The Balaban J connectivity index is 1.32. The second kappa shape index (κ2) is 8.69. The van der Waals surface area contributed by atoms with Crippen molar-refractivity contribution >= 4 is 64.5 Å². The van der Waals surface area contributed by atoms with Crippen molar-refractivity contribution < 1.29 is 4.42 Å². The molecule has 3 heteroatoms. The van der Waals surface area contributed by atoms with Gasteiger partial charge in [0.25, 0.3) is 0 Å². The maximum Gasteiger partial charge on any atom is 0.143 e. The Hall–Kier alpha value is -5.12. The molecule has 0 amide bonds. The molecule has 9 aromatic rings. The average Bonchev–Trinajstić information content (AvgIpc) is 3.70. The van der Waals surface area contributed by atoms with Crippen LogP contribution in [0.1, 0.15) is 0 Å². The van der Waals surface area contributed by atoms with Gasteiger partial charge in [-0.1, -0.05) is 103 Å². The molecule has 0 N–H and O–H groups in total. The molecular weight excluding hydrogens is 518 g/mol. The highest BCUT2D eigenvalue weighted by molar-refractivity contribution is 7.26. The van der Waals surface area contributed by atoms with Crippen LogP contribution >= 0.6 is 11.3 Å². The Morgan fingerprint density at radius 1 is 0.537 bits per heavy atom. The Morgan fingerprint density at radius 2 is 1.22 bits per heavy atom. The molecule has 192 valence electrons. The van der Waals surface area contributed by atoms with Crippen LogP contribution in [0.2, 0.25) is 0 Å². The topological polar surface area (TPSA) is 18.1 Å². The number of hydrogen-bond acceptors (Lipinski definition) is 2. The monoisotopic (exact) mass is 541 g/mol. The van der Waals surface area contributed by atoms with E-state index < -0.39 is 0 Å². The lowest BCUT2D eigenvalue weighted by molar-refractivity contribution is 0.670. The van der Waals surface area contributed by atoms with Crippen molar-refractivity contribution in [3.05, 3.63) is 140 Å². The van der Waals surface area contributed by atoms with Gasteiger partial charge in [-0.15, -0.1) is 11.3 Å². The lowest BCUT2D eigenvalue weighted by Crippen LogP contribution is -1.93. The minimum Gasteiger partial charge on any atom is -0.455 e. The molecule has 3 heterocycles. The molecular formula is C38H23NOS. The van der Waals surface area contributed by atoms with Gasteiger partial charge in [0.15, 0.2) is 0 Å². The fourth-order valence-electron chi connectivity index (χ4n) is 6.42. The van der Waals surface area contributed by atoms with Crippen LogP contribution in [0.3, 0.4) is 0 Å². The fraction of sp³-hybridized carbons (Fsp3) is 0. The lowest BCUT2D eigenvalue weighted by Gasteiger charge is -2.11. The van der Waals surface area contributed by atoms with Crippen molar-refractivity contribution in [2.45, 2.75) is 0 Å². The summed E-state index contributed by atoms with van der Waals surface area (Å²) < 4.78 is 11.5. The summed E-state index contributed by atoms with van der Waals surface area (Å²) in [6, 6.07) is 49.8. The van der Waals surface area contributed by atoms with E-state index in [1.54, 1.807) is 0 Å². The largest absolute Gasteiger partial charge is 0.455 e. The van der Waals surface area contributed by atoms with Crippen molar-refractivity contribution in [3.8, 4) is 27.9 Å². The van der Waals surface area contributed by atoms with Gasteiger partial charge in [-0.25, -0.2) is 0 Å². The van der Waals surface area contributed by atoms with Gasteiger partial charge in [0.05, 0.1) is 15.7 Å². The molecule has 0 radical (unpaired) electrons. The predicted molar refractivity (Wildman–Crippen MR) is 174 cm³/mol. The highest BCUT2D eigenvalue weighted by atomic mass is 32.1. The van der Waals surface area contributed by atoms with Crippen LogP contribution in [0.5, 0.6) is 0 Å². The van der Waals surface area contributed by atoms with Crippen molar-refractivity contribution in [1.29, 1.82) is 0 Å². The molecule has 0 bridgehead atoms. The van der Waals surface area contributed by atoms with Crippen molar-refractivity contribution in [2.75, 3.05) is 0 Å². The van der Waals surface area contributed by atoms with Crippen LogP contribution in [-0.2, 0) is 0 Å². The minimum absolute atomic E-state index is 0.922. The van der Waals surface area contributed by atoms with Gasteiger partial charge in [-0.2, -0.15) is 0 Å². The first-order valence-corrected chi connectivity index (χ1v) is 14.7. The predicted octanol–water partition coefficient (Wildman–Crippen LogP) is 11.2. The van der Waals surface area contributed by atoms with Crippen LogP contribution in [0.15, 0.2) is 144 Å². The van der Waals surface area contributed by atoms with E-state index in [4.69, 9.17) is 4.42 Å². The van der Waals surface area contributed by atoms with Crippen molar-refractivity contribution in [1.82, 2.24) is 4.57 Å². The van der Waals surface area contributed by atoms with Crippen LogP contribution in [-0.4, -0.2) is 4.57 Å². The zero-order valence-electron chi connectivity index (χ0n) is 22.0. The average molecular weight is 542 g/mol. The standard InChI is InChI=1S/C38H23NOS/c1-2-13-26(14-3-1)39-32-20-6-4-16-31(32)38-36(39)35-27(17-10-22-34(35)41-38)24-11-8-12-25(23-24)28-18-9-19-30-29-15-5-7-21-33(29)40-37(28)30/h1-23H. The van der Waals surface area contributed by atoms with Crippen LogP contribution in [0.4, 0.5) is 0 Å². The Bertz CT molecular complexity index is 2420. The van der Waals surface area contributed by atoms with E-state index in [1.807, 2.05) is 23.5 Å². The number of nitrogens with zero attached hydrogens (tertiary/aromatic N) is 1. The van der Waals surface area contributed by atoms with E-state index >= 15 is 0 Å². The first-order chi connectivity index (χ1) is 20.3. The highest BCUT2D eigenvalue weighted by Gasteiger charge is 2.20. The molecule has 6 aromatic carbocycles. The summed E-state index contributed by atoms with van der Waals surface area (Å²) in [6.45, 7) is 0. The van der Waals surface area contributed by atoms with E-state index in [2.05, 4.69) is 132 Å². The molecule has 3 aromatic heterocycles. The third-order valence-corrected chi connectivity index (χ3v) is 9.38. The Morgan fingerprint density at radius 3 is 2.12 bits per heavy atom. The van der Waals surface area contributed by atoms with E-state index in [0.717, 1.165) is 33.1 Å². The second-order valence-electron chi connectivity index (χ2n) is 10.5. The molecule has 0 aliphatic carbocycles. The number of aromatic nitrogens is 1. The highest BCUT2D eigenvalue weighted by Crippen LogP contribution is 2.46. The first-order valence-electron chi connectivity index (χ1n) is 13.9. The molecule has 9 rings (SSSR count). The smallest absolute Gasteiger partial charge is 0.143 e. The maximum absolute atomic E-state index is 6.40. The minimum atomic E-state index is 0.922. The molecule has 0 atom stereocenters. The number of furan rings is 1. The molecule has 0 aliphatic heterocycles. The van der Waals surface area contributed by atoms with Crippen LogP contribution in [0.25, 0.3) is 81.1 Å². The Kier molecular flexibility index (Phi) is 4.80. The second-order valence-corrected chi connectivity index (χ2v) is 11.6. The summed E-state index contributed by atoms with van der Waals surface area (Å²) in [5.74, 6) is 0. The van der Waals surface area contributed by atoms with Gasteiger partial charge in [-0.3, -0.25) is 0 Å². The van der Waals surface area contributed by atoms with Crippen molar-refractivity contribution in [3.63, 3.8) is 0 Å². The van der Waals surface area contributed by atoms with Crippen molar-refractivity contribution in [2.24, 2.45) is 0 Å². The van der Waals surface area contributed by atoms with Crippen LogP contribution < -0.4 is 0 Å². The number of para-hydroxylation sites is 4. The number of thiophene rings is 1. The molecule has 2 nitrogen and oxygen atoms in total. The van der Waals surface area contributed by atoms with E-state index in [-0.39, 0.29) is 0 Å². The molecule has 41 heavy (non-hydrogen) atoms. The normalized spacial score (nSPS) is 11.9. The number of rotatable bonds is 3. The summed E-state index contributed by atoms with van der Waals surface area (Å²) >= 11 is 1.88. The molecule has 0 fully saturated rings. The Labute approximate surface area is 240 Å². The SMILES string of the molecule is c1ccc(-n2c3ccccc3c3sc4cccc(-c5cccc(-c6cccc7c6oc6ccccc67)c5)c4c32)cc1. The summed E-state index contributed by atoms with van der Waals surface area (Å²) in [4.78, 5) is 0. The van der Waals surface area contributed by atoms with E-state index in [1.165, 1.54) is 48.0 Å². The quantitative estimate of drug-likeness (QED) is 0.217. The van der Waals surface area contributed by atoms with Gasteiger partial charge < -0.3 is 8.98 Å². The zero-order valence-corrected chi connectivity index (χ0v) is 22.9. The summed E-state index contributed by atoms with van der Waals surface area (Å²) in [5.41, 5.74) is 10.3. The number of benzene rings is 6. The van der Waals surface area contributed by atoms with Crippen LogP contribution in [0, 0.1) is 0 Å². The first kappa shape index (κ1) is 22.7. The summed E-state index contributed by atoms with van der Waals surface area (Å²) in [5, 5.41) is 4.90.